The highest BCUT2D eigenvalue weighted by Crippen LogP contribution is 2.26. The lowest BCUT2D eigenvalue weighted by Crippen LogP contribution is -1.89. The van der Waals surface area contributed by atoms with E-state index < -0.39 is 0 Å². The third-order valence-corrected chi connectivity index (χ3v) is 3.06. The molecule has 2 aromatic heterocycles. The molecule has 0 unspecified atom stereocenters. The fourth-order valence-corrected chi connectivity index (χ4v) is 2.18. The number of nitrogen functional groups attached to an aromatic ring is 1. The second-order valence-corrected chi connectivity index (χ2v) is 4.09. The molecular weight excluding hydrogens is 222 g/mol. The van der Waals surface area contributed by atoms with Gasteiger partial charge in [-0.2, -0.15) is 8.75 Å². The number of hydrogen-bond acceptors (Lipinski definition) is 5. The van der Waals surface area contributed by atoms with Crippen molar-refractivity contribution in [1.29, 1.82) is 0 Å². The van der Waals surface area contributed by atoms with Crippen LogP contribution < -0.4 is 5.73 Å². The van der Waals surface area contributed by atoms with E-state index in [9.17, 15) is 0 Å². The van der Waals surface area contributed by atoms with Crippen LogP contribution in [0.15, 0.2) is 24.5 Å². The number of imidazole rings is 1. The Bertz CT molecular complexity index is 654. The van der Waals surface area contributed by atoms with Crippen molar-refractivity contribution < 1.29 is 0 Å². The minimum Gasteiger partial charge on any atom is -0.381 e. The van der Waals surface area contributed by atoms with Gasteiger partial charge in [-0.25, -0.2) is 4.98 Å². The van der Waals surface area contributed by atoms with E-state index in [-0.39, 0.29) is 0 Å². The topological polar surface area (TPSA) is 69.6 Å². The van der Waals surface area contributed by atoms with Crippen LogP contribution in [0, 0.1) is 0 Å². The summed E-state index contributed by atoms with van der Waals surface area (Å²) in [4.78, 5) is 4.30. The summed E-state index contributed by atoms with van der Waals surface area (Å²) in [6.07, 6.45) is 1.79. The van der Waals surface area contributed by atoms with Crippen molar-refractivity contribution in [3.8, 4) is 11.3 Å². The quantitative estimate of drug-likeness (QED) is 0.691. The molecule has 0 atom stereocenters. The predicted octanol–water partition coefficient (Wildman–Crippen LogP) is 1.67. The number of aromatic nitrogens is 4. The van der Waals surface area contributed by atoms with Crippen molar-refractivity contribution in [2.45, 2.75) is 0 Å². The highest BCUT2D eigenvalue weighted by molar-refractivity contribution is 6.99. The van der Waals surface area contributed by atoms with Crippen molar-refractivity contribution in [1.82, 2.24) is 18.3 Å². The number of anilines is 1. The molecular formula is C10H9N5S. The first-order valence-corrected chi connectivity index (χ1v) is 5.48. The first kappa shape index (κ1) is 9.29. The Morgan fingerprint density at radius 1 is 1.31 bits per heavy atom. The van der Waals surface area contributed by atoms with Gasteiger partial charge in [0, 0.05) is 12.6 Å². The largest absolute Gasteiger partial charge is 0.381 e. The summed E-state index contributed by atoms with van der Waals surface area (Å²) in [5, 5.41) is 0. The zero-order chi connectivity index (χ0) is 11.1. The van der Waals surface area contributed by atoms with Gasteiger partial charge in [0.25, 0.3) is 0 Å². The average Bonchev–Trinajstić information content (AvgIpc) is 2.86. The normalized spacial score (nSPS) is 11.1. The molecule has 0 saturated carbocycles. The van der Waals surface area contributed by atoms with Crippen LogP contribution in [0.4, 0.5) is 5.82 Å². The Morgan fingerprint density at radius 3 is 2.94 bits per heavy atom. The summed E-state index contributed by atoms with van der Waals surface area (Å²) >= 11 is 1.12. The second-order valence-electron chi connectivity index (χ2n) is 3.56. The van der Waals surface area contributed by atoms with Gasteiger partial charge in [-0.3, -0.25) is 0 Å². The number of nitrogens with two attached hydrogens (primary N) is 1. The molecule has 5 nitrogen and oxygen atoms in total. The highest BCUT2D eigenvalue weighted by Gasteiger charge is 2.09. The van der Waals surface area contributed by atoms with E-state index in [0.29, 0.717) is 5.82 Å². The molecule has 16 heavy (non-hydrogen) atoms. The summed E-state index contributed by atoms with van der Waals surface area (Å²) in [7, 11) is 1.97. The molecule has 0 spiro atoms. The monoisotopic (exact) mass is 231 g/mol. The molecule has 80 valence electrons. The van der Waals surface area contributed by atoms with Crippen molar-refractivity contribution >= 4 is 28.6 Å². The number of hydrogen-bond donors (Lipinski definition) is 1. The van der Waals surface area contributed by atoms with Crippen LogP contribution in [0.3, 0.4) is 0 Å². The maximum absolute atomic E-state index is 5.73. The molecule has 3 rings (SSSR count). The molecule has 6 heteroatoms. The SMILES string of the molecule is Cn1cnc2cc(-c3nsnc3N)ccc21. The lowest BCUT2D eigenvalue weighted by atomic mass is 10.1. The highest BCUT2D eigenvalue weighted by atomic mass is 32.1. The van der Waals surface area contributed by atoms with Crippen molar-refractivity contribution in [2.75, 3.05) is 5.73 Å². The Kier molecular flexibility index (Phi) is 1.90. The van der Waals surface area contributed by atoms with Crippen LogP contribution in [0.5, 0.6) is 0 Å². The lowest BCUT2D eigenvalue weighted by molar-refractivity contribution is 0.948. The number of rotatable bonds is 1. The summed E-state index contributed by atoms with van der Waals surface area (Å²) in [5.74, 6) is 0.472. The Balaban J connectivity index is 2.23. The maximum atomic E-state index is 5.73. The zero-order valence-electron chi connectivity index (χ0n) is 8.58. The van der Waals surface area contributed by atoms with Crippen LogP contribution in [0.25, 0.3) is 22.3 Å². The zero-order valence-corrected chi connectivity index (χ0v) is 9.40. The van der Waals surface area contributed by atoms with Crippen molar-refractivity contribution in [2.24, 2.45) is 7.05 Å². The van der Waals surface area contributed by atoms with Crippen LogP contribution in [-0.4, -0.2) is 18.3 Å². The van der Waals surface area contributed by atoms with Gasteiger partial charge < -0.3 is 10.3 Å². The molecule has 2 heterocycles. The Hall–Kier alpha value is -1.95. The van der Waals surface area contributed by atoms with Crippen LogP contribution in [0.2, 0.25) is 0 Å². The van der Waals surface area contributed by atoms with E-state index in [1.54, 1.807) is 6.33 Å². The van der Waals surface area contributed by atoms with E-state index >= 15 is 0 Å². The molecule has 3 aromatic rings. The summed E-state index contributed by atoms with van der Waals surface area (Å²) < 4.78 is 10.1. The third kappa shape index (κ3) is 1.27. The molecule has 0 aliphatic carbocycles. The molecule has 0 aliphatic rings. The maximum Gasteiger partial charge on any atom is 0.165 e. The fourth-order valence-electron chi connectivity index (χ4n) is 1.68. The van der Waals surface area contributed by atoms with Gasteiger partial charge in [0.1, 0.15) is 5.69 Å². The molecule has 0 radical (unpaired) electrons. The van der Waals surface area contributed by atoms with Gasteiger partial charge in [0.2, 0.25) is 0 Å². The Morgan fingerprint density at radius 2 is 2.19 bits per heavy atom. The summed E-state index contributed by atoms with van der Waals surface area (Å²) in [6, 6.07) is 5.97. The van der Waals surface area contributed by atoms with Gasteiger partial charge >= 0.3 is 0 Å². The van der Waals surface area contributed by atoms with Gasteiger partial charge in [0.05, 0.1) is 29.1 Å². The Labute approximate surface area is 95.9 Å². The first-order chi connectivity index (χ1) is 7.75. The lowest BCUT2D eigenvalue weighted by Gasteiger charge is -1.98. The van der Waals surface area contributed by atoms with Gasteiger partial charge in [0.15, 0.2) is 5.82 Å². The average molecular weight is 231 g/mol. The van der Waals surface area contributed by atoms with Crippen molar-refractivity contribution in [3.63, 3.8) is 0 Å². The van der Waals surface area contributed by atoms with Gasteiger partial charge in [-0.15, -0.1) is 0 Å². The van der Waals surface area contributed by atoms with Crippen LogP contribution in [0.1, 0.15) is 0 Å². The molecule has 0 aliphatic heterocycles. The number of benzene rings is 1. The molecule has 0 saturated heterocycles. The summed E-state index contributed by atoms with van der Waals surface area (Å²) in [5.41, 5.74) is 9.45. The van der Waals surface area contributed by atoms with E-state index in [1.165, 1.54) is 0 Å². The van der Waals surface area contributed by atoms with Crippen LogP contribution >= 0.6 is 11.7 Å². The number of aryl methyl sites for hydroxylation is 1. The minimum absolute atomic E-state index is 0.472. The number of fused-ring (bicyclic) bond motifs is 1. The molecule has 2 N–H and O–H groups in total. The van der Waals surface area contributed by atoms with Gasteiger partial charge in [-0.1, -0.05) is 6.07 Å². The third-order valence-electron chi connectivity index (χ3n) is 2.51. The molecule has 0 amide bonds. The minimum atomic E-state index is 0.472. The summed E-state index contributed by atoms with van der Waals surface area (Å²) in [6.45, 7) is 0. The van der Waals surface area contributed by atoms with E-state index in [4.69, 9.17) is 5.73 Å². The first-order valence-electron chi connectivity index (χ1n) is 4.75. The fraction of sp³-hybridized carbons (Fsp3) is 0.100. The molecule has 0 bridgehead atoms. The number of nitrogens with zero attached hydrogens (tertiary/aromatic N) is 4. The van der Waals surface area contributed by atoms with Crippen molar-refractivity contribution in [3.05, 3.63) is 24.5 Å². The smallest absolute Gasteiger partial charge is 0.165 e. The predicted molar refractivity (Wildman–Crippen MR) is 64.0 cm³/mol. The van der Waals surface area contributed by atoms with E-state index in [0.717, 1.165) is 34.0 Å². The molecule has 1 aromatic carbocycles. The van der Waals surface area contributed by atoms with E-state index in [1.807, 2.05) is 29.8 Å². The van der Waals surface area contributed by atoms with Crippen LogP contribution in [-0.2, 0) is 7.05 Å². The standard InChI is InChI=1S/C10H9N5S/c1-15-5-12-7-4-6(2-3-8(7)15)9-10(11)14-16-13-9/h2-5H,1H3,(H2,11,14). The van der Waals surface area contributed by atoms with E-state index in [2.05, 4.69) is 13.7 Å². The second kappa shape index (κ2) is 3.28. The molecule has 0 fully saturated rings. The van der Waals surface area contributed by atoms with Gasteiger partial charge in [-0.05, 0) is 12.1 Å².